The summed E-state index contributed by atoms with van der Waals surface area (Å²) in [6, 6.07) is 7.25. The highest BCUT2D eigenvalue weighted by molar-refractivity contribution is 5.74. The molecule has 1 aromatic carbocycles. The number of aromatic nitrogens is 6. The Hall–Kier alpha value is -3.55. The van der Waals surface area contributed by atoms with Crippen LogP contribution in [0.3, 0.4) is 0 Å². The van der Waals surface area contributed by atoms with Gasteiger partial charge in [0.25, 0.3) is 0 Å². The van der Waals surface area contributed by atoms with Crippen LogP contribution in [0.15, 0.2) is 24.3 Å². The molecule has 0 fully saturated rings. The Labute approximate surface area is 168 Å². The van der Waals surface area contributed by atoms with Crippen LogP contribution in [-0.4, -0.2) is 39.6 Å². The standard InChI is InChI=1S/C21H24N6O2/c1-11-7-14(4)25(22-11)17-10-18(28)19(26-15(5)8-12(2)23-26)20(21(17)29)27-16(6)9-13(3)24-27/h7-10,28-29H,1-6H3. The average Bonchev–Trinajstić information content (AvgIpc) is 3.25. The predicted molar refractivity (Wildman–Crippen MR) is 110 cm³/mol. The summed E-state index contributed by atoms with van der Waals surface area (Å²) in [5.41, 5.74) is 6.02. The van der Waals surface area contributed by atoms with Gasteiger partial charge in [0.05, 0.1) is 17.1 Å². The van der Waals surface area contributed by atoms with Crippen molar-refractivity contribution in [1.82, 2.24) is 29.3 Å². The van der Waals surface area contributed by atoms with Gasteiger partial charge in [-0.25, -0.2) is 14.0 Å². The molecule has 0 aliphatic carbocycles. The van der Waals surface area contributed by atoms with Gasteiger partial charge in [-0.2, -0.15) is 15.3 Å². The van der Waals surface area contributed by atoms with Crippen molar-refractivity contribution in [3.05, 3.63) is 58.4 Å². The lowest BCUT2D eigenvalue weighted by Gasteiger charge is -2.19. The molecule has 2 N–H and O–H groups in total. The number of phenols is 2. The summed E-state index contributed by atoms with van der Waals surface area (Å²) >= 11 is 0. The van der Waals surface area contributed by atoms with E-state index in [1.165, 1.54) is 6.07 Å². The second-order valence-electron chi connectivity index (χ2n) is 7.48. The number of nitrogens with zero attached hydrogens (tertiary/aromatic N) is 6. The summed E-state index contributed by atoms with van der Waals surface area (Å²) in [7, 11) is 0. The molecule has 0 bridgehead atoms. The van der Waals surface area contributed by atoms with Crippen LogP contribution in [-0.2, 0) is 0 Å². The maximum Gasteiger partial charge on any atom is 0.169 e. The predicted octanol–water partition coefficient (Wildman–Crippen LogP) is 3.51. The first kappa shape index (κ1) is 18.8. The first-order valence-electron chi connectivity index (χ1n) is 9.37. The Morgan fingerprint density at radius 1 is 0.586 bits per heavy atom. The van der Waals surface area contributed by atoms with Crippen LogP contribution in [0.25, 0.3) is 17.1 Å². The van der Waals surface area contributed by atoms with Crippen molar-refractivity contribution in [3.63, 3.8) is 0 Å². The van der Waals surface area contributed by atoms with Gasteiger partial charge in [-0.1, -0.05) is 0 Å². The van der Waals surface area contributed by atoms with Crippen molar-refractivity contribution in [2.45, 2.75) is 41.5 Å². The average molecular weight is 392 g/mol. The molecule has 0 spiro atoms. The van der Waals surface area contributed by atoms with Crippen LogP contribution in [0.2, 0.25) is 0 Å². The summed E-state index contributed by atoms with van der Waals surface area (Å²) in [5, 5.41) is 35.9. The zero-order valence-electron chi connectivity index (χ0n) is 17.4. The maximum atomic E-state index is 11.4. The van der Waals surface area contributed by atoms with Gasteiger partial charge in [0.2, 0.25) is 0 Å². The van der Waals surface area contributed by atoms with Gasteiger partial charge in [0.1, 0.15) is 22.8 Å². The highest BCUT2D eigenvalue weighted by atomic mass is 16.3. The minimum Gasteiger partial charge on any atom is -0.506 e. The maximum absolute atomic E-state index is 11.4. The quantitative estimate of drug-likeness (QED) is 0.521. The van der Waals surface area contributed by atoms with Crippen molar-refractivity contribution in [3.8, 4) is 28.6 Å². The highest BCUT2D eigenvalue weighted by Gasteiger charge is 2.26. The molecule has 0 saturated heterocycles. The number of benzene rings is 1. The van der Waals surface area contributed by atoms with Crippen molar-refractivity contribution in [2.75, 3.05) is 0 Å². The van der Waals surface area contributed by atoms with Gasteiger partial charge < -0.3 is 10.2 Å². The monoisotopic (exact) mass is 392 g/mol. The number of hydrogen-bond donors (Lipinski definition) is 2. The van der Waals surface area contributed by atoms with E-state index in [2.05, 4.69) is 15.3 Å². The molecule has 8 nitrogen and oxygen atoms in total. The van der Waals surface area contributed by atoms with Gasteiger partial charge in [0.15, 0.2) is 5.75 Å². The Kier molecular flexibility index (Phi) is 4.22. The SMILES string of the molecule is Cc1cc(C)n(-c2cc(O)c(-n3nc(C)cc3C)c(-n3nc(C)cc3C)c2O)n1. The van der Waals surface area contributed by atoms with E-state index in [-0.39, 0.29) is 11.5 Å². The van der Waals surface area contributed by atoms with Crippen molar-refractivity contribution in [2.24, 2.45) is 0 Å². The molecule has 8 heteroatoms. The molecule has 0 aliphatic rings. The largest absolute Gasteiger partial charge is 0.506 e. The number of aromatic hydroxyl groups is 2. The van der Waals surface area contributed by atoms with E-state index < -0.39 is 0 Å². The molecule has 3 heterocycles. The number of rotatable bonds is 3. The van der Waals surface area contributed by atoms with Gasteiger partial charge in [-0.15, -0.1) is 0 Å². The molecular formula is C21H24N6O2. The second kappa shape index (κ2) is 6.51. The zero-order valence-corrected chi connectivity index (χ0v) is 17.4. The lowest BCUT2D eigenvalue weighted by molar-refractivity contribution is 0.447. The molecule has 0 amide bonds. The van der Waals surface area contributed by atoms with Crippen LogP contribution in [0.5, 0.6) is 11.5 Å². The van der Waals surface area contributed by atoms with Gasteiger partial charge >= 0.3 is 0 Å². The minimum absolute atomic E-state index is 0.0286. The smallest absolute Gasteiger partial charge is 0.169 e. The molecule has 0 aliphatic heterocycles. The van der Waals surface area contributed by atoms with Crippen LogP contribution in [0.1, 0.15) is 34.2 Å². The first-order chi connectivity index (χ1) is 13.7. The van der Waals surface area contributed by atoms with Gasteiger partial charge in [-0.3, -0.25) is 0 Å². The van der Waals surface area contributed by atoms with Crippen molar-refractivity contribution < 1.29 is 10.2 Å². The Morgan fingerprint density at radius 2 is 1.00 bits per heavy atom. The fourth-order valence-corrected chi connectivity index (χ4v) is 3.78. The molecule has 4 rings (SSSR count). The summed E-state index contributed by atoms with van der Waals surface area (Å²) in [5.74, 6) is -0.0677. The third-order valence-electron chi connectivity index (χ3n) is 4.89. The molecule has 150 valence electrons. The first-order valence-corrected chi connectivity index (χ1v) is 9.37. The van der Waals surface area contributed by atoms with E-state index in [1.54, 1.807) is 14.0 Å². The molecule has 4 aromatic rings. The zero-order chi connectivity index (χ0) is 21.0. The molecular weight excluding hydrogens is 368 g/mol. The van der Waals surface area contributed by atoms with E-state index in [0.29, 0.717) is 17.1 Å². The normalized spacial score (nSPS) is 11.4. The number of hydrogen-bond acceptors (Lipinski definition) is 5. The van der Waals surface area contributed by atoms with Crippen LogP contribution in [0, 0.1) is 41.5 Å². The summed E-state index contributed by atoms with van der Waals surface area (Å²) < 4.78 is 4.87. The van der Waals surface area contributed by atoms with E-state index in [1.807, 2.05) is 59.7 Å². The van der Waals surface area contributed by atoms with Crippen molar-refractivity contribution in [1.29, 1.82) is 0 Å². The molecule has 3 aromatic heterocycles. The van der Waals surface area contributed by atoms with Crippen molar-refractivity contribution >= 4 is 0 Å². The number of phenolic OH excluding ortho intramolecular Hbond substituents is 2. The Bertz CT molecular complexity index is 1240. The van der Waals surface area contributed by atoms with Crippen LogP contribution < -0.4 is 0 Å². The molecule has 29 heavy (non-hydrogen) atoms. The summed E-state index contributed by atoms with van der Waals surface area (Å²) in [4.78, 5) is 0. The van der Waals surface area contributed by atoms with E-state index in [9.17, 15) is 10.2 Å². The van der Waals surface area contributed by atoms with Gasteiger partial charge in [0, 0.05) is 23.1 Å². The Balaban J connectivity index is 2.12. The molecule has 0 saturated carbocycles. The fraction of sp³-hybridized carbons (Fsp3) is 0.286. The highest BCUT2D eigenvalue weighted by Crippen LogP contribution is 2.41. The van der Waals surface area contributed by atoms with Crippen LogP contribution in [0.4, 0.5) is 0 Å². The number of aryl methyl sites for hydroxylation is 6. The third-order valence-corrected chi connectivity index (χ3v) is 4.89. The Morgan fingerprint density at radius 3 is 1.41 bits per heavy atom. The summed E-state index contributed by atoms with van der Waals surface area (Å²) in [6.45, 7) is 11.3. The minimum atomic E-state index is -0.0391. The lowest BCUT2D eigenvalue weighted by Crippen LogP contribution is -2.11. The lowest BCUT2D eigenvalue weighted by atomic mass is 10.1. The third kappa shape index (κ3) is 2.97. The van der Waals surface area contributed by atoms with E-state index in [4.69, 9.17) is 0 Å². The topological polar surface area (TPSA) is 93.9 Å². The second-order valence-corrected chi connectivity index (χ2v) is 7.48. The molecule has 0 unspecified atom stereocenters. The fourth-order valence-electron chi connectivity index (χ4n) is 3.78. The molecule has 0 radical (unpaired) electrons. The van der Waals surface area contributed by atoms with Crippen LogP contribution >= 0.6 is 0 Å². The van der Waals surface area contributed by atoms with Gasteiger partial charge in [-0.05, 0) is 59.7 Å². The molecule has 0 atom stereocenters. The summed E-state index contributed by atoms with van der Waals surface area (Å²) in [6.07, 6.45) is 0. The van der Waals surface area contributed by atoms with E-state index >= 15 is 0 Å². The van der Waals surface area contributed by atoms with E-state index in [0.717, 1.165) is 34.2 Å².